The molecule has 0 aliphatic rings. The minimum absolute atomic E-state index is 0.116. The molecule has 3 amide bonds. The van der Waals surface area contributed by atoms with Crippen LogP contribution in [0.15, 0.2) is 18.2 Å². The summed E-state index contributed by atoms with van der Waals surface area (Å²) < 4.78 is 5.38. The second-order valence-electron chi connectivity index (χ2n) is 4.27. The minimum atomic E-state index is -0.303. The van der Waals surface area contributed by atoms with Gasteiger partial charge in [-0.25, -0.2) is 4.79 Å². The molecule has 0 radical (unpaired) electrons. The van der Waals surface area contributed by atoms with E-state index >= 15 is 0 Å². The lowest BCUT2D eigenvalue weighted by molar-refractivity contribution is -0.118. The van der Waals surface area contributed by atoms with E-state index in [0.29, 0.717) is 19.7 Å². The van der Waals surface area contributed by atoms with E-state index in [1.807, 2.05) is 26.0 Å². The molecule has 0 spiro atoms. The van der Waals surface area contributed by atoms with Crippen LogP contribution in [0, 0.1) is 6.92 Å². The van der Waals surface area contributed by atoms with E-state index in [4.69, 9.17) is 4.74 Å². The molecule has 6 nitrogen and oxygen atoms in total. The van der Waals surface area contributed by atoms with Crippen molar-refractivity contribution in [3.63, 3.8) is 0 Å². The molecule has 1 rings (SSSR count). The highest BCUT2D eigenvalue weighted by Crippen LogP contribution is 2.21. The number of hydrogen-bond donors (Lipinski definition) is 3. The fraction of sp³-hybridized carbons (Fsp3) is 0.429. The number of rotatable bonds is 6. The van der Waals surface area contributed by atoms with Gasteiger partial charge in [-0.05, 0) is 37.6 Å². The van der Waals surface area contributed by atoms with Crippen LogP contribution in [-0.2, 0) is 4.79 Å². The topological polar surface area (TPSA) is 79.5 Å². The summed E-state index contributed by atoms with van der Waals surface area (Å²) in [7, 11) is 0. The van der Waals surface area contributed by atoms with Gasteiger partial charge < -0.3 is 20.7 Å². The van der Waals surface area contributed by atoms with Gasteiger partial charge in [0.2, 0.25) is 5.91 Å². The van der Waals surface area contributed by atoms with Crippen LogP contribution in [-0.4, -0.2) is 31.6 Å². The number of carbonyl (C=O) groups is 2. The summed E-state index contributed by atoms with van der Waals surface area (Å²) in [5.74, 6) is 0.663. The third kappa shape index (κ3) is 5.60. The van der Waals surface area contributed by atoms with Crippen molar-refractivity contribution < 1.29 is 14.3 Å². The van der Waals surface area contributed by atoms with Gasteiger partial charge in [-0.2, -0.15) is 0 Å². The number of hydrogen-bond acceptors (Lipinski definition) is 3. The predicted octanol–water partition coefficient (Wildman–Crippen LogP) is 1.65. The Bertz CT molecular complexity index is 475. The number of benzene rings is 1. The van der Waals surface area contributed by atoms with E-state index in [1.165, 1.54) is 6.92 Å². The van der Waals surface area contributed by atoms with Crippen LogP contribution in [0.2, 0.25) is 0 Å². The van der Waals surface area contributed by atoms with Crippen LogP contribution in [0.4, 0.5) is 10.5 Å². The van der Waals surface area contributed by atoms with Gasteiger partial charge in [-0.3, -0.25) is 4.79 Å². The molecule has 0 saturated carbocycles. The molecule has 0 aromatic heterocycles. The molecule has 110 valence electrons. The summed E-state index contributed by atoms with van der Waals surface area (Å²) in [4.78, 5) is 22.3. The summed E-state index contributed by atoms with van der Waals surface area (Å²) >= 11 is 0. The Kier molecular flexibility index (Phi) is 6.36. The molecule has 0 aliphatic carbocycles. The molecule has 6 heteroatoms. The zero-order valence-electron chi connectivity index (χ0n) is 12.1. The van der Waals surface area contributed by atoms with Crippen LogP contribution >= 0.6 is 0 Å². The molecule has 0 fully saturated rings. The average molecular weight is 279 g/mol. The largest absolute Gasteiger partial charge is 0.494 e. The van der Waals surface area contributed by atoms with Gasteiger partial charge in [0.25, 0.3) is 0 Å². The number of ether oxygens (including phenoxy) is 1. The van der Waals surface area contributed by atoms with E-state index in [9.17, 15) is 9.59 Å². The zero-order chi connectivity index (χ0) is 15.0. The van der Waals surface area contributed by atoms with Gasteiger partial charge >= 0.3 is 6.03 Å². The summed E-state index contributed by atoms with van der Waals surface area (Å²) in [6, 6.07) is 5.18. The molecule has 0 heterocycles. The van der Waals surface area contributed by atoms with Crippen LogP contribution < -0.4 is 20.7 Å². The number of nitrogens with one attached hydrogen (secondary N) is 3. The minimum Gasteiger partial charge on any atom is -0.494 e. The first-order valence-corrected chi connectivity index (χ1v) is 6.55. The third-order valence-corrected chi connectivity index (χ3v) is 2.54. The monoisotopic (exact) mass is 279 g/mol. The van der Waals surface area contributed by atoms with Crippen molar-refractivity contribution in [1.82, 2.24) is 10.6 Å². The van der Waals surface area contributed by atoms with Gasteiger partial charge in [0, 0.05) is 25.7 Å². The lowest BCUT2D eigenvalue weighted by Gasteiger charge is -2.11. The SMILES string of the molecule is CCOc1ccc(NC(=O)NCCNC(C)=O)c(C)c1. The number of anilines is 1. The van der Waals surface area contributed by atoms with Crippen LogP contribution in [0.1, 0.15) is 19.4 Å². The lowest BCUT2D eigenvalue weighted by atomic mass is 10.2. The Labute approximate surface area is 118 Å². The van der Waals surface area contributed by atoms with Crippen LogP contribution in [0.5, 0.6) is 5.75 Å². The Hall–Kier alpha value is -2.24. The van der Waals surface area contributed by atoms with Gasteiger partial charge in [0.15, 0.2) is 0 Å². The average Bonchev–Trinajstić information content (AvgIpc) is 2.38. The lowest BCUT2D eigenvalue weighted by Crippen LogP contribution is -2.36. The fourth-order valence-corrected chi connectivity index (χ4v) is 1.61. The third-order valence-electron chi connectivity index (χ3n) is 2.54. The number of aryl methyl sites for hydroxylation is 1. The predicted molar refractivity (Wildman–Crippen MR) is 78.1 cm³/mol. The van der Waals surface area contributed by atoms with Crippen molar-refractivity contribution in [3.05, 3.63) is 23.8 Å². The number of amides is 3. The first-order valence-electron chi connectivity index (χ1n) is 6.55. The number of urea groups is 1. The van der Waals surface area contributed by atoms with E-state index in [0.717, 1.165) is 17.0 Å². The Balaban J connectivity index is 2.43. The standard InChI is InChI=1S/C14H21N3O3/c1-4-20-12-5-6-13(10(2)9-12)17-14(19)16-8-7-15-11(3)18/h5-6,9H,4,7-8H2,1-3H3,(H,15,18)(H2,16,17,19). The number of carbonyl (C=O) groups excluding carboxylic acids is 2. The van der Waals surface area contributed by atoms with Crippen LogP contribution in [0.3, 0.4) is 0 Å². The molecule has 0 atom stereocenters. The van der Waals surface area contributed by atoms with Gasteiger partial charge in [0.05, 0.1) is 6.61 Å². The molecule has 3 N–H and O–H groups in total. The summed E-state index contributed by atoms with van der Waals surface area (Å²) in [6.07, 6.45) is 0. The molecule has 0 aliphatic heterocycles. The highest BCUT2D eigenvalue weighted by molar-refractivity contribution is 5.90. The Morgan fingerprint density at radius 3 is 2.50 bits per heavy atom. The Morgan fingerprint density at radius 1 is 1.20 bits per heavy atom. The van der Waals surface area contributed by atoms with E-state index in [1.54, 1.807) is 6.07 Å². The van der Waals surface area contributed by atoms with Crippen molar-refractivity contribution in [3.8, 4) is 5.75 Å². The maximum absolute atomic E-state index is 11.7. The van der Waals surface area contributed by atoms with Crippen molar-refractivity contribution in [2.45, 2.75) is 20.8 Å². The van der Waals surface area contributed by atoms with Gasteiger partial charge in [-0.1, -0.05) is 0 Å². The van der Waals surface area contributed by atoms with Crippen molar-refractivity contribution in [2.24, 2.45) is 0 Å². The normalized spacial score (nSPS) is 9.75. The van der Waals surface area contributed by atoms with Gasteiger partial charge in [-0.15, -0.1) is 0 Å². The summed E-state index contributed by atoms with van der Waals surface area (Å²) in [5.41, 5.74) is 1.65. The molecule has 1 aromatic rings. The molecular weight excluding hydrogens is 258 g/mol. The smallest absolute Gasteiger partial charge is 0.319 e. The quantitative estimate of drug-likeness (QED) is 0.693. The molecule has 20 heavy (non-hydrogen) atoms. The van der Waals surface area contributed by atoms with E-state index in [2.05, 4.69) is 16.0 Å². The molecule has 0 bridgehead atoms. The first kappa shape index (κ1) is 15.8. The van der Waals surface area contributed by atoms with Crippen molar-refractivity contribution in [2.75, 3.05) is 25.0 Å². The van der Waals surface area contributed by atoms with Crippen molar-refractivity contribution >= 4 is 17.6 Å². The van der Waals surface area contributed by atoms with Crippen LogP contribution in [0.25, 0.3) is 0 Å². The van der Waals surface area contributed by atoms with E-state index < -0.39 is 0 Å². The summed E-state index contributed by atoms with van der Waals surface area (Å²) in [5, 5.41) is 8.01. The van der Waals surface area contributed by atoms with E-state index in [-0.39, 0.29) is 11.9 Å². The molecular formula is C14H21N3O3. The highest BCUT2D eigenvalue weighted by Gasteiger charge is 2.05. The Morgan fingerprint density at radius 2 is 1.90 bits per heavy atom. The highest BCUT2D eigenvalue weighted by atomic mass is 16.5. The molecule has 1 aromatic carbocycles. The van der Waals surface area contributed by atoms with Crippen molar-refractivity contribution in [1.29, 1.82) is 0 Å². The first-order chi connectivity index (χ1) is 9.52. The second kappa shape index (κ2) is 8.04. The maximum Gasteiger partial charge on any atom is 0.319 e. The second-order valence-corrected chi connectivity index (χ2v) is 4.27. The molecule has 0 unspecified atom stereocenters. The fourth-order valence-electron chi connectivity index (χ4n) is 1.61. The summed E-state index contributed by atoms with van der Waals surface area (Å²) in [6.45, 7) is 6.64. The molecule has 0 saturated heterocycles. The maximum atomic E-state index is 11.7. The van der Waals surface area contributed by atoms with Gasteiger partial charge in [0.1, 0.15) is 5.75 Å². The zero-order valence-corrected chi connectivity index (χ0v) is 12.1.